The number of carbonyl (C=O) groups excluding carboxylic acids is 1. The minimum absolute atomic E-state index is 0.151. The zero-order valence-corrected chi connectivity index (χ0v) is 22.5. The summed E-state index contributed by atoms with van der Waals surface area (Å²) in [6.45, 7) is 6.10. The quantitative estimate of drug-likeness (QED) is 0.360. The lowest BCUT2D eigenvalue weighted by atomic mass is 10.1. The zero-order chi connectivity index (χ0) is 27.1. The Bertz CT molecular complexity index is 1730. The van der Waals surface area contributed by atoms with Gasteiger partial charge in [-0.1, -0.05) is 24.3 Å². The molecule has 10 heteroatoms. The van der Waals surface area contributed by atoms with Crippen LogP contribution in [0.3, 0.4) is 0 Å². The SMILES string of the molecule is CN1CCN(C(=O)C/C=C\c2cnc3oc4c(N5CCOCC5)nc(-c5cccc6[nH]ccc56)nc4c3c2)CC1. The topological polar surface area (TPSA) is 104 Å². The molecule has 0 unspecified atom stereocenters. The summed E-state index contributed by atoms with van der Waals surface area (Å²) >= 11 is 0. The van der Waals surface area contributed by atoms with Crippen LogP contribution in [-0.4, -0.2) is 95.2 Å². The molecule has 40 heavy (non-hydrogen) atoms. The van der Waals surface area contributed by atoms with Crippen molar-refractivity contribution in [1.82, 2.24) is 29.7 Å². The molecule has 0 atom stereocenters. The van der Waals surface area contributed by atoms with Crippen LogP contribution >= 0.6 is 0 Å². The van der Waals surface area contributed by atoms with E-state index < -0.39 is 0 Å². The van der Waals surface area contributed by atoms with E-state index in [0.717, 1.165) is 78.0 Å². The molecule has 10 nitrogen and oxygen atoms in total. The van der Waals surface area contributed by atoms with Gasteiger partial charge in [0, 0.05) is 74.5 Å². The number of nitrogens with one attached hydrogen (secondary N) is 1. The maximum atomic E-state index is 12.7. The standard InChI is InChI=1S/C30H31N7O3/c1-35-10-12-36(13-11-35)25(38)7-2-4-20-18-23-26-27(40-30(23)32-19-20)29(37-14-16-39-17-15-37)34-28(33-26)22-5-3-6-24-21(22)8-9-31-24/h2-6,8-9,18-19,31H,7,10-17H2,1H3/b4-2-. The van der Waals surface area contributed by atoms with Crippen molar-refractivity contribution in [1.29, 1.82) is 0 Å². The first kappa shape index (κ1) is 24.7. The number of likely N-dealkylation sites (N-methyl/N-ethyl adjacent to an activating group) is 1. The number of ether oxygens (including phenoxy) is 1. The fraction of sp³-hybridized carbons (Fsp3) is 0.333. The second kappa shape index (κ2) is 10.4. The molecule has 7 rings (SSSR count). The Morgan fingerprint density at radius 2 is 1.90 bits per heavy atom. The maximum Gasteiger partial charge on any atom is 0.229 e. The maximum absolute atomic E-state index is 12.7. The number of piperazine rings is 1. The summed E-state index contributed by atoms with van der Waals surface area (Å²) in [5.74, 6) is 1.54. The Labute approximate surface area is 231 Å². The van der Waals surface area contributed by atoms with E-state index in [1.807, 2.05) is 53.6 Å². The van der Waals surface area contributed by atoms with Crippen LogP contribution in [-0.2, 0) is 9.53 Å². The first-order valence-corrected chi connectivity index (χ1v) is 13.8. The van der Waals surface area contributed by atoms with E-state index in [1.54, 1.807) is 6.20 Å². The molecule has 204 valence electrons. The predicted molar refractivity (Wildman–Crippen MR) is 155 cm³/mol. The molecule has 0 spiro atoms. The molecule has 1 amide bonds. The molecule has 4 aromatic heterocycles. The average molecular weight is 538 g/mol. The number of benzene rings is 1. The summed E-state index contributed by atoms with van der Waals surface area (Å²) in [5, 5.41) is 1.89. The van der Waals surface area contributed by atoms with Crippen molar-refractivity contribution in [3.05, 3.63) is 54.4 Å². The summed E-state index contributed by atoms with van der Waals surface area (Å²) in [7, 11) is 2.09. The third kappa shape index (κ3) is 4.59. The largest absolute Gasteiger partial charge is 0.432 e. The van der Waals surface area contributed by atoms with Crippen molar-refractivity contribution in [2.24, 2.45) is 0 Å². The van der Waals surface area contributed by atoms with E-state index >= 15 is 0 Å². The summed E-state index contributed by atoms with van der Waals surface area (Å²) in [6.07, 6.45) is 7.93. The Balaban J connectivity index is 1.27. The fourth-order valence-electron chi connectivity index (χ4n) is 5.49. The number of H-pyrrole nitrogens is 1. The molecule has 1 aromatic carbocycles. The van der Waals surface area contributed by atoms with E-state index in [4.69, 9.17) is 19.1 Å². The van der Waals surface area contributed by atoms with Crippen molar-refractivity contribution in [2.75, 3.05) is 64.4 Å². The van der Waals surface area contributed by atoms with E-state index in [1.165, 1.54) is 0 Å². The molecule has 2 fully saturated rings. The van der Waals surface area contributed by atoms with Crippen molar-refractivity contribution in [3.63, 3.8) is 0 Å². The molecule has 1 N–H and O–H groups in total. The van der Waals surface area contributed by atoms with E-state index in [9.17, 15) is 4.79 Å². The second-order valence-corrected chi connectivity index (χ2v) is 10.4. The monoisotopic (exact) mass is 537 g/mol. The number of anilines is 1. The second-order valence-electron chi connectivity index (χ2n) is 10.4. The number of fused-ring (bicyclic) bond motifs is 4. The molecule has 2 aliphatic heterocycles. The molecule has 0 aliphatic carbocycles. The third-order valence-corrected chi connectivity index (χ3v) is 7.78. The van der Waals surface area contributed by atoms with Crippen LogP contribution in [0.2, 0.25) is 0 Å². The lowest BCUT2D eigenvalue weighted by Crippen LogP contribution is -2.46. The van der Waals surface area contributed by atoms with Crippen molar-refractivity contribution < 1.29 is 13.9 Å². The average Bonchev–Trinajstić information content (AvgIpc) is 3.62. The van der Waals surface area contributed by atoms with Crippen molar-refractivity contribution in [3.8, 4) is 11.4 Å². The number of aromatic amines is 1. The van der Waals surface area contributed by atoms with Gasteiger partial charge in [-0.25, -0.2) is 15.0 Å². The first-order chi connectivity index (χ1) is 19.6. The minimum atomic E-state index is 0.151. The highest BCUT2D eigenvalue weighted by Crippen LogP contribution is 2.36. The number of morpholine rings is 1. The van der Waals surface area contributed by atoms with E-state index in [0.29, 0.717) is 36.8 Å². The molecule has 2 aliphatic rings. The van der Waals surface area contributed by atoms with Gasteiger partial charge in [-0.3, -0.25) is 4.79 Å². The summed E-state index contributed by atoms with van der Waals surface area (Å²) < 4.78 is 11.9. The minimum Gasteiger partial charge on any atom is -0.432 e. The van der Waals surface area contributed by atoms with Gasteiger partial charge in [-0.15, -0.1) is 0 Å². The molecule has 0 bridgehead atoms. The molecule has 2 saturated heterocycles. The Kier molecular flexibility index (Phi) is 6.41. The zero-order valence-electron chi connectivity index (χ0n) is 22.5. The summed E-state index contributed by atoms with van der Waals surface area (Å²) in [5.41, 5.74) is 4.75. The van der Waals surface area contributed by atoms with Crippen LogP contribution in [0.5, 0.6) is 0 Å². The van der Waals surface area contributed by atoms with E-state index in [-0.39, 0.29) is 5.91 Å². The van der Waals surface area contributed by atoms with Gasteiger partial charge in [0.2, 0.25) is 11.6 Å². The number of hydrogen-bond acceptors (Lipinski definition) is 8. The molecule has 6 heterocycles. The smallest absolute Gasteiger partial charge is 0.229 e. The van der Waals surface area contributed by atoms with Gasteiger partial charge in [-0.05, 0) is 30.8 Å². The van der Waals surface area contributed by atoms with E-state index in [2.05, 4.69) is 26.8 Å². The van der Waals surface area contributed by atoms with Crippen LogP contribution in [0, 0.1) is 0 Å². The van der Waals surface area contributed by atoms with Crippen molar-refractivity contribution >= 4 is 50.9 Å². The molecular formula is C30H31N7O3. The van der Waals surface area contributed by atoms with Gasteiger partial charge in [-0.2, -0.15) is 0 Å². The number of furan rings is 1. The van der Waals surface area contributed by atoms with Gasteiger partial charge < -0.3 is 28.8 Å². The lowest BCUT2D eigenvalue weighted by Gasteiger charge is -2.32. The normalized spacial score (nSPS) is 17.1. The van der Waals surface area contributed by atoms with Crippen LogP contribution < -0.4 is 4.90 Å². The van der Waals surface area contributed by atoms with Gasteiger partial charge >= 0.3 is 0 Å². The molecule has 5 aromatic rings. The number of amides is 1. The molecule has 0 saturated carbocycles. The van der Waals surface area contributed by atoms with Crippen molar-refractivity contribution in [2.45, 2.75) is 6.42 Å². The molecular weight excluding hydrogens is 506 g/mol. The van der Waals surface area contributed by atoms with Crippen LogP contribution in [0.25, 0.3) is 50.6 Å². The van der Waals surface area contributed by atoms with Crippen LogP contribution in [0.4, 0.5) is 5.82 Å². The van der Waals surface area contributed by atoms with Gasteiger partial charge in [0.25, 0.3) is 0 Å². The highest BCUT2D eigenvalue weighted by Gasteiger charge is 2.24. The molecule has 0 radical (unpaired) electrons. The Hall–Kier alpha value is -4.28. The van der Waals surface area contributed by atoms with Crippen LogP contribution in [0.1, 0.15) is 12.0 Å². The summed E-state index contributed by atoms with van der Waals surface area (Å²) in [4.78, 5) is 37.0. The van der Waals surface area contributed by atoms with Gasteiger partial charge in [0.1, 0.15) is 5.52 Å². The Morgan fingerprint density at radius 3 is 2.75 bits per heavy atom. The van der Waals surface area contributed by atoms with Gasteiger partial charge in [0.05, 0.1) is 18.6 Å². The lowest BCUT2D eigenvalue weighted by molar-refractivity contribution is -0.131. The number of nitrogens with zero attached hydrogens (tertiary/aromatic N) is 6. The number of carbonyl (C=O) groups is 1. The number of pyridine rings is 1. The van der Waals surface area contributed by atoms with Gasteiger partial charge in [0.15, 0.2) is 17.2 Å². The number of aromatic nitrogens is 4. The van der Waals surface area contributed by atoms with Crippen LogP contribution in [0.15, 0.2) is 53.2 Å². The highest BCUT2D eigenvalue weighted by atomic mass is 16.5. The number of hydrogen-bond donors (Lipinski definition) is 1. The highest BCUT2D eigenvalue weighted by molar-refractivity contribution is 6.06. The predicted octanol–water partition coefficient (Wildman–Crippen LogP) is 3.93. The first-order valence-electron chi connectivity index (χ1n) is 13.8. The third-order valence-electron chi connectivity index (χ3n) is 7.78. The number of rotatable bonds is 5. The Morgan fingerprint density at radius 1 is 1.05 bits per heavy atom. The fourth-order valence-corrected chi connectivity index (χ4v) is 5.49. The summed E-state index contributed by atoms with van der Waals surface area (Å²) in [6, 6.07) is 10.2.